The van der Waals surface area contributed by atoms with Crippen LogP contribution in [-0.2, 0) is 0 Å². The number of rotatable bonds is 14. The monoisotopic (exact) mass is 340 g/mol. The van der Waals surface area contributed by atoms with E-state index < -0.39 is 0 Å². The van der Waals surface area contributed by atoms with Gasteiger partial charge in [-0.15, -0.1) is 0 Å². The highest BCUT2D eigenvalue weighted by molar-refractivity contribution is 4.81. The van der Waals surface area contributed by atoms with Crippen LogP contribution in [0.5, 0.6) is 0 Å². The van der Waals surface area contributed by atoms with Gasteiger partial charge in [-0.05, 0) is 51.9 Å². The van der Waals surface area contributed by atoms with E-state index in [1.807, 2.05) is 0 Å². The van der Waals surface area contributed by atoms with E-state index in [0.717, 1.165) is 0 Å². The van der Waals surface area contributed by atoms with Crippen LogP contribution in [0.3, 0.4) is 0 Å². The van der Waals surface area contributed by atoms with Crippen LogP contribution < -0.4 is 10.6 Å². The van der Waals surface area contributed by atoms with Crippen molar-refractivity contribution in [3.8, 4) is 0 Å². The van der Waals surface area contributed by atoms with Crippen LogP contribution in [0, 0.1) is 11.3 Å². The highest BCUT2D eigenvalue weighted by Gasteiger charge is 2.26. The van der Waals surface area contributed by atoms with Gasteiger partial charge in [-0.2, -0.15) is 0 Å². The third-order valence-corrected chi connectivity index (χ3v) is 4.55. The Kier molecular flexibility index (Phi) is 13.1. The predicted molar refractivity (Wildman–Crippen MR) is 111 cm³/mol. The Morgan fingerprint density at radius 1 is 0.708 bits per heavy atom. The fourth-order valence-corrected chi connectivity index (χ4v) is 3.58. The Morgan fingerprint density at radius 2 is 1.17 bits per heavy atom. The molecule has 0 aromatic rings. The Hall–Kier alpha value is -0.0800. The van der Waals surface area contributed by atoms with Crippen molar-refractivity contribution in [1.29, 1.82) is 0 Å². The highest BCUT2D eigenvalue weighted by atomic mass is 15.1. The average molecular weight is 341 g/mol. The minimum atomic E-state index is 0.390. The fraction of sp³-hybridized carbons (Fsp3) is 1.00. The van der Waals surface area contributed by atoms with E-state index in [9.17, 15) is 0 Å². The molecule has 0 aliphatic rings. The van der Waals surface area contributed by atoms with Gasteiger partial charge < -0.3 is 0 Å². The van der Waals surface area contributed by atoms with E-state index in [2.05, 4.69) is 66.0 Å². The van der Waals surface area contributed by atoms with Crippen LogP contribution in [0.25, 0.3) is 0 Å². The Labute approximate surface area is 154 Å². The lowest BCUT2D eigenvalue weighted by Crippen LogP contribution is -2.53. The summed E-state index contributed by atoms with van der Waals surface area (Å²) in [5.74, 6) is 0.713. The highest BCUT2D eigenvalue weighted by Crippen LogP contribution is 2.30. The van der Waals surface area contributed by atoms with Gasteiger partial charge in [0.15, 0.2) is 0 Å². The maximum absolute atomic E-state index is 3.79. The van der Waals surface area contributed by atoms with Crippen molar-refractivity contribution in [2.45, 2.75) is 131 Å². The summed E-state index contributed by atoms with van der Waals surface area (Å²) in [6.45, 7) is 18.5. The summed E-state index contributed by atoms with van der Waals surface area (Å²) < 4.78 is 0. The Bertz CT molecular complexity index is 268. The van der Waals surface area contributed by atoms with E-state index in [1.165, 1.54) is 57.8 Å². The van der Waals surface area contributed by atoms with Crippen molar-refractivity contribution >= 4 is 0 Å². The van der Waals surface area contributed by atoms with Crippen molar-refractivity contribution in [3.05, 3.63) is 0 Å². The average Bonchev–Trinajstić information content (AvgIpc) is 2.42. The van der Waals surface area contributed by atoms with Gasteiger partial charge in [-0.25, -0.2) is 0 Å². The summed E-state index contributed by atoms with van der Waals surface area (Å²) in [7, 11) is 0. The second kappa shape index (κ2) is 13.2. The Balaban J connectivity index is 4.51. The third-order valence-electron chi connectivity index (χ3n) is 4.55. The van der Waals surface area contributed by atoms with Crippen molar-refractivity contribution in [3.63, 3.8) is 0 Å². The van der Waals surface area contributed by atoms with Crippen LogP contribution in [0.15, 0.2) is 0 Å². The van der Waals surface area contributed by atoms with Gasteiger partial charge in [0, 0.05) is 12.1 Å². The maximum Gasteiger partial charge on any atom is 0.0604 e. The van der Waals surface area contributed by atoms with E-state index in [4.69, 9.17) is 0 Å². The molecule has 2 N–H and O–H groups in total. The molecule has 1 atom stereocenters. The van der Waals surface area contributed by atoms with Crippen LogP contribution in [0.4, 0.5) is 0 Å². The number of nitrogens with one attached hydrogen (secondary N) is 2. The summed E-state index contributed by atoms with van der Waals surface area (Å²) in [6.07, 6.45) is 12.9. The van der Waals surface area contributed by atoms with Gasteiger partial charge in [0.2, 0.25) is 0 Å². The van der Waals surface area contributed by atoms with Gasteiger partial charge in [-0.1, -0.05) is 72.6 Å². The zero-order valence-electron chi connectivity index (χ0n) is 18.2. The molecule has 0 aromatic heterocycles. The molecule has 0 heterocycles. The first-order chi connectivity index (χ1) is 11.2. The lowest BCUT2D eigenvalue weighted by atomic mass is 9.80. The van der Waals surface area contributed by atoms with E-state index in [1.54, 1.807) is 0 Å². The van der Waals surface area contributed by atoms with E-state index in [0.29, 0.717) is 29.6 Å². The van der Waals surface area contributed by atoms with E-state index >= 15 is 0 Å². The molecule has 2 heteroatoms. The van der Waals surface area contributed by atoms with Gasteiger partial charge in [0.05, 0.1) is 6.17 Å². The van der Waals surface area contributed by atoms with Crippen LogP contribution in [0.1, 0.15) is 113 Å². The van der Waals surface area contributed by atoms with Crippen LogP contribution >= 0.6 is 0 Å². The number of hydrogen-bond donors (Lipinski definition) is 2. The number of hydrogen-bond acceptors (Lipinski definition) is 2. The quantitative estimate of drug-likeness (QED) is 0.278. The van der Waals surface area contributed by atoms with Crippen molar-refractivity contribution in [1.82, 2.24) is 10.6 Å². The third kappa shape index (κ3) is 14.3. The SMILES string of the molecule is CCCCCCCCCC(CC(C)(C)C)C(NC(C)C)NC(C)C. The normalized spacial score (nSPS) is 14.1. The summed E-state index contributed by atoms with van der Waals surface area (Å²) in [5, 5.41) is 7.58. The summed E-state index contributed by atoms with van der Waals surface area (Å²) in [6, 6.07) is 1.05. The second-order valence-electron chi connectivity index (χ2n) is 9.56. The molecule has 0 aliphatic carbocycles. The van der Waals surface area contributed by atoms with Crippen LogP contribution in [-0.4, -0.2) is 18.2 Å². The van der Waals surface area contributed by atoms with E-state index in [-0.39, 0.29) is 0 Å². The predicted octanol–water partition coefficient (Wildman–Crippen LogP) is 6.50. The van der Waals surface area contributed by atoms with Crippen molar-refractivity contribution < 1.29 is 0 Å². The summed E-state index contributed by atoms with van der Waals surface area (Å²) >= 11 is 0. The molecular weight excluding hydrogens is 292 g/mol. The Morgan fingerprint density at radius 3 is 1.58 bits per heavy atom. The zero-order chi connectivity index (χ0) is 18.6. The molecule has 0 spiro atoms. The van der Waals surface area contributed by atoms with Gasteiger partial charge in [0.1, 0.15) is 0 Å². The maximum atomic E-state index is 3.79. The first-order valence-electron chi connectivity index (χ1n) is 10.7. The fourth-order valence-electron chi connectivity index (χ4n) is 3.58. The topological polar surface area (TPSA) is 24.1 Å². The molecule has 0 amide bonds. The molecule has 0 saturated carbocycles. The lowest BCUT2D eigenvalue weighted by Gasteiger charge is -2.36. The molecule has 0 aliphatic heterocycles. The van der Waals surface area contributed by atoms with Crippen molar-refractivity contribution in [2.24, 2.45) is 11.3 Å². The molecule has 0 fully saturated rings. The minimum absolute atomic E-state index is 0.390. The molecular formula is C22H48N2. The smallest absolute Gasteiger partial charge is 0.0604 e. The standard InChI is InChI=1S/C22H48N2/c1-9-10-11-12-13-14-15-16-20(17-22(6,7)8)21(23-18(2)3)24-19(4)5/h18-21,23-24H,9-17H2,1-8H3. The molecule has 0 rings (SSSR count). The first-order valence-corrected chi connectivity index (χ1v) is 10.7. The summed E-state index contributed by atoms with van der Waals surface area (Å²) in [5.41, 5.74) is 0.390. The molecule has 0 bridgehead atoms. The minimum Gasteiger partial charge on any atom is -0.299 e. The second-order valence-corrected chi connectivity index (χ2v) is 9.56. The molecule has 2 nitrogen and oxygen atoms in total. The zero-order valence-corrected chi connectivity index (χ0v) is 18.2. The molecule has 0 radical (unpaired) electrons. The molecule has 24 heavy (non-hydrogen) atoms. The van der Waals surface area contributed by atoms with Gasteiger partial charge in [-0.3, -0.25) is 10.6 Å². The molecule has 146 valence electrons. The van der Waals surface area contributed by atoms with Crippen molar-refractivity contribution in [2.75, 3.05) is 0 Å². The largest absolute Gasteiger partial charge is 0.299 e. The number of unbranched alkanes of at least 4 members (excludes halogenated alkanes) is 6. The van der Waals surface area contributed by atoms with Gasteiger partial charge in [0.25, 0.3) is 0 Å². The molecule has 0 saturated heterocycles. The van der Waals surface area contributed by atoms with Gasteiger partial charge >= 0.3 is 0 Å². The lowest BCUT2D eigenvalue weighted by molar-refractivity contribution is 0.184. The first kappa shape index (κ1) is 23.9. The molecule has 0 aromatic carbocycles. The van der Waals surface area contributed by atoms with Crippen LogP contribution in [0.2, 0.25) is 0 Å². The molecule has 1 unspecified atom stereocenters. The summed E-state index contributed by atoms with van der Waals surface area (Å²) in [4.78, 5) is 0.